The number of amides is 1. The van der Waals surface area contributed by atoms with Crippen LogP contribution in [-0.2, 0) is 34.0 Å². The molecule has 18 heteroatoms. The summed E-state index contributed by atoms with van der Waals surface area (Å²) < 4.78 is 101. The highest BCUT2D eigenvalue weighted by Gasteiger charge is 2.58. The number of aromatic nitrogens is 2. The number of aliphatic hydroxyl groups excluding tert-OH is 1. The average molecular weight is 839 g/mol. The largest absolute Gasteiger partial charge is 0.598 e. The number of methoxy groups -OCH3 is 1. The predicted octanol–water partition coefficient (Wildman–Crippen LogP) is 6.37. The number of fused-ring (bicyclic) bond motifs is 2. The molecule has 4 aromatic rings. The molecule has 5 rings (SSSR count). The lowest BCUT2D eigenvalue weighted by Crippen LogP contribution is -2.52. The van der Waals surface area contributed by atoms with Crippen molar-refractivity contribution < 1.29 is 56.1 Å². The van der Waals surface area contributed by atoms with Gasteiger partial charge in [0.2, 0.25) is 5.60 Å². The second-order valence-corrected chi connectivity index (χ2v) is 23.9. The number of alkyl halides is 3. The number of rotatable bonds is 16. The van der Waals surface area contributed by atoms with Gasteiger partial charge >= 0.3 is 6.18 Å². The number of carbonyl (C=O) groups is 1. The summed E-state index contributed by atoms with van der Waals surface area (Å²) in [5.74, 6) is -1.26. The van der Waals surface area contributed by atoms with Crippen LogP contribution in [0.1, 0.15) is 49.3 Å². The van der Waals surface area contributed by atoms with Gasteiger partial charge in [0.05, 0.1) is 31.5 Å². The van der Waals surface area contributed by atoms with Crippen molar-refractivity contribution in [2.45, 2.75) is 82.2 Å². The second kappa shape index (κ2) is 16.8. The van der Waals surface area contributed by atoms with E-state index in [1.54, 1.807) is 33.8 Å². The Bertz CT molecular complexity index is 2090. The maximum Gasteiger partial charge on any atom is 0.424 e. The van der Waals surface area contributed by atoms with E-state index in [2.05, 4.69) is 34.7 Å². The van der Waals surface area contributed by atoms with Crippen molar-refractivity contribution in [2.75, 3.05) is 40.1 Å². The van der Waals surface area contributed by atoms with Crippen LogP contribution in [0.3, 0.4) is 0 Å². The lowest BCUT2D eigenvalue weighted by Gasteiger charge is -2.33. The number of hydrogen-bond acceptors (Lipinski definition) is 10. The first kappa shape index (κ1) is 44.2. The molecule has 0 fully saturated rings. The summed E-state index contributed by atoms with van der Waals surface area (Å²) in [5, 5.41) is 23.3. The maximum atomic E-state index is 15.6. The minimum absolute atomic E-state index is 0.0479. The van der Waals surface area contributed by atoms with Gasteiger partial charge in [-0.15, -0.1) is 4.72 Å². The van der Waals surface area contributed by atoms with Gasteiger partial charge in [-0.2, -0.15) is 13.2 Å². The van der Waals surface area contributed by atoms with Gasteiger partial charge in [0.15, 0.2) is 17.2 Å². The van der Waals surface area contributed by atoms with Crippen LogP contribution < -0.4 is 24.2 Å². The lowest BCUT2D eigenvalue weighted by molar-refractivity contribution is -0.265. The van der Waals surface area contributed by atoms with Gasteiger partial charge in [-0.05, 0) is 64.1 Å². The first-order valence-electron chi connectivity index (χ1n) is 18.3. The molecular formula is C39H50F4N4O8SSi. The highest BCUT2D eigenvalue weighted by atomic mass is 32.2. The Morgan fingerprint density at radius 1 is 1.12 bits per heavy atom. The SMILES string of the molecule is COc1cc(C(=O)NCC(O)(c2cc3c(c(-c4cn(COCC[Si](C)(C)C)c5c(F)cccc45)n2)OCC3(C)N[S+]([O-])C(C)(C)C)C(F)(F)F)ccc1OCCO. The molecule has 57 heavy (non-hydrogen) atoms. The second-order valence-electron chi connectivity index (χ2n) is 16.3. The molecule has 0 spiro atoms. The van der Waals surface area contributed by atoms with Gasteiger partial charge in [-0.3, -0.25) is 4.79 Å². The Labute approximate surface area is 333 Å². The zero-order valence-corrected chi connectivity index (χ0v) is 35.0. The summed E-state index contributed by atoms with van der Waals surface area (Å²) in [7, 11) is -0.159. The van der Waals surface area contributed by atoms with Gasteiger partial charge in [0.25, 0.3) is 5.91 Å². The highest BCUT2D eigenvalue weighted by molar-refractivity contribution is 7.90. The van der Waals surface area contributed by atoms with Crippen LogP contribution in [0.25, 0.3) is 22.2 Å². The number of halogens is 4. The zero-order valence-electron chi connectivity index (χ0n) is 33.2. The van der Waals surface area contributed by atoms with Crippen LogP contribution in [-0.4, -0.2) is 89.3 Å². The number of para-hydroxylation sites is 1. The van der Waals surface area contributed by atoms with Crippen molar-refractivity contribution in [2.24, 2.45) is 0 Å². The fourth-order valence-corrected chi connectivity index (χ4v) is 7.74. The molecule has 1 amide bonds. The van der Waals surface area contributed by atoms with E-state index < -0.39 is 65.5 Å². The zero-order chi connectivity index (χ0) is 42.1. The molecule has 12 nitrogen and oxygen atoms in total. The number of nitrogens with one attached hydrogen (secondary N) is 2. The standard InChI is InChI=1S/C39H50F4N4O8SSi/c1-36(2,3)56(51)46-37(4)22-55-34-27(37)19-31(38(50,39(41,42)43)21-44-35(49)24-12-13-29(54-15-14-48)30(18-24)52-5)45-32(34)26-20-47(23-53-16-17-57(6,7)8)33-25(26)10-9-11-28(33)40/h9-13,18-20,46,48,50H,14-17,21-23H2,1-8H3,(H,44,49). The summed E-state index contributed by atoms with van der Waals surface area (Å²) in [6, 6.07) is 10.1. The number of aliphatic hydroxyl groups is 2. The number of pyridine rings is 1. The van der Waals surface area contributed by atoms with Crippen LogP contribution in [0, 0.1) is 5.82 Å². The van der Waals surface area contributed by atoms with Crippen molar-refractivity contribution >= 4 is 36.2 Å². The van der Waals surface area contributed by atoms with Gasteiger partial charge < -0.3 is 43.6 Å². The Kier molecular flexibility index (Phi) is 13.0. The molecule has 3 heterocycles. The molecule has 2 aromatic heterocycles. The first-order chi connectivity index (χ1) is 26.5. The van der Waals surface area contributed by atoms with Crippen LogP contribution in [0.4, 0.5) is 17.6 Å². The van der Waals surface area contributed by atoms with Gasteiger partial charge in [-0.1, -0.05) is 31.8 Å². The fraction of sp³-hybridized carbons (Fsp3) is 0.487. The fourth-order valence-electron chi connectivity index (χ4n) is 6.10. The summed E-state index contributed by atoms with van der Waals surface area (Å²) in [6.45, 7) is 11.8. The van der Waals surface area contributed by atoms with E-state index >= 15 is 17.6 Å². The molecule has 4 N–H and O–H groups in total. The Morgan fingerprint density at radius 3 is 2.47 bits per heavy atom. The van der Waals surface area contributed by atoms with Crippen molar-refractivity contribution in [1.29, 1.82) is 0 Å². The molecule has 3 atom stereocenters. The van der Waals surface area contributed by atoms with Gasteiger partial charge in [0, 0.05) is 54.3 Å². The van der Waals surface area contributed by atoms with Crippen LogP contribution in [0.15, 0.2) is 48.7 Å². The molecule has 3 unspecified atom stereocenters. The molecule has 2 aromatic carbocycles. The summed E-state index contributed by atoms with van der Waals surface area (Å²) in [6.07, 6.45) is -3.88. The average Bonchev–Trinajstić information content (AvgIpc) is 3.67. The molecule has 0 aliphatic carbocycles. The normalized spacial score (nSPS) is 17.5. The smallest absolute Gasteiger partial charge is 0.424 e. The van der Waals surface area contributed by atoms with Crippen molar-refractivity contribution in [3.05, 3.63) is 71.3 Å². The lowest BCUT2D eigenvalue weighted by atomic mass is 9.89. The Balaban J connectivity index is 1.64. The predicted molar refractivity (Wildman–Crippen MR) is 211 cm³/mol. The van der Waals surface area contributed by atoms with E-state index in [0.717, 1.165) is 12.1 Å². The molecule has 0 radical (unpaired) electrons. The van der Waals surface area contributed by atoms with Crippen molar-refractivity contribution in [1.82, 2.24) is 19.6 Å². The third-order valence-corrected chi connectivity index (χ3v) is 12.9. The summed E-state index contributed by atoms with van der Waals surface area (Å²) in [5.41, 5.74) is -5.83. The third-order valence-electron chi connectivity index (χ3n) is 9.45. The monoisotopic (exact) mass is 838 g/mol. The Hall–Kier alpha value is -3.91. The number of hydrogen-bond donors (Lipinski definition) is 4. The number of ether oxygens (including phenoxy) is 4. The maximum absolute atomic E-state index is 15.6. The Morgan fingerprint density at radius 2 is 1.84 bits per heavy atom. The molecule has 312 valence electrons. The third kappa shape index (κ3) is 9.53. The molecule has 0 saturated carbocycles. The summed E-state index contributed by atoms with van der Waals surface area (Å²) in [4.78, 5) is 17.7. The van der Waals surface area contributed by atoms with Gasteiger partial charge in [-0.25, -0.2) is 9.37 Å². The van der Waals surface area contributed by atoms with Crippen LogP contribution in [0.5, 0.6) is 17.2 Å². The van der Waals surface area contributed by atoms with Crippen molar-refractivity contribution in [3.63, 3.8) is 0 Å². The van der Waals surface area contributed by atoms with E-state index in [4.69, 9.17) is 24.1 Å². The minimum Gasteiger partial charge on any atom is -0.598 e. The van der Waals surface area contributed by atoms with Crippen LogP contribution in [0.2, 0.25) is 25.7 Å². The van der Waals surface area contributed by atoms with E-state index in [0.29, 0.717) is 12.0 Å². The van der Waals surface area contributed by atoms with Crippen molar-refractivity contribution in [3.8, 4) is 28.5 Å². The first-order valence-corrected chi connectivity index (χ1v) is 23.1. The quantitative estimate of drug-likeness (QED) is 0.0432. The van der Waals surface area contributed by atoms with E-state index in [1.807, 2.05) is 0 Å². The molecular weight excluding hydrogens is 789 g/mol. The minimum atomic E-state index is -5.40. The summed E-state index contributed by atoms with van der Waals surface area (Å²) >= 11 is -1.73. The highest BCUT2D eigenvalue weighted by Crippen LogP contribution is 2.49. The van der Waals surface area contributed by atoms with E-state index in [1.165, 1.54) is 48.2 Å². The van der Waals surface area contributed by atoms with E-state index in [9.17, 15) is 14.5 Å². The number of carbonyl (C=O) groups excluding carboxylic acids is 1. The molecule has 1 aliphatic rings. The van der Waals surface area contributed by atoms with Gasteiger partial charge in [0.1, 0.15) is 41.7 Å². The molecule has 1 aliphatic heterocycles. The number of benzene rings is 2. The van der Waals surface area contributed by atoms with Crippen LogP contribution >= 0.6 is 0 Å². The molecule has 0 saturated heterocycles. The van der Waals surface area contributed by atoms with E-state index in [-0.39, 0.29) is 71.7 Å². The molecule has 0 bridgehead atoms. The number of nitrogens with zero attached hydrogens (tertiary/aromatic N) is 2. The topological polar surface area (TPSA) is 159 Å².